The lowest BCUT2D eigenvalue weighted by molar-refractivity contribution is 0.398. The molecule has 1 aliphatic heterocycles. The van der Waals surface area contributed by atoms with Crippen LogP contribution in [-0.2, 0) is 6.42 Å². The Kier molecular flexibility index (Phi) is 3.27. The van der Waals surface area contributed by atoms with Gasteiger partial charge in [0.25, 0.3) is 0 Å². The first-order valence-corrected chi connectivity index (χ1v) is 5.76. The fourth-order valence-electron chi connectivity index (χ4n) is 2.36. The Morgan fingerprint density at radius 3 is 2.93 bits per heavy atom. The van der Waals surface area contributed by atoms with E-state index in [-0.39, 0.29) is 0 Å². The minimum Gasteiger partial charge on any atom is -0.496 e. The summed E-state index contributed by atoms with van der Waals surface area (Å²) in [5.74, 6) is 1.08. The molecule has 82 valence electrons. The molecule has 2 heteroatoms. The monoisotopic (exact) mass is 205 g/mol. The molecule has 0 amide bonds. The predicted octanol–water partition coefficient (Wildman–Crippen LogP) is 2.68. The highest BCUT2D eigenvalue weighted by Crippen LogP contribution is 2.33. The van der Waals surface area contributed by atoms with E-state index in [1.54, 1.807) is 7.11 Å². The molecule has 1 aliphatic rings. The van der Waals surface area contributed by atoms with Crippen LogP contribution in [0.1, 0.15) is 36.9 Å². The molecule has 1 unspecified atom stereocenters. The summed E-state index contributed by atoms with van der Waals surface area (Å²) >= 11 is 0. The van der Waals surface area contributed by atoms with Gasteiger partial charge in [-0.15, -0.1) is 0 Å². The summed E-state index contributed by atoms with van der Waals surface area (Å²) in [6, 6.07) is 6.96. The molecule has 1 saturated heterocycles. The van der Waals surface area contributed by atoms with Crippen molar-refractivity contribution >= 4 is 0 Å². The summed E-state index contributed by atoms with van der Waals surface area (Å²) in [6.45, 7) is 3.30. The van der Waals surface area contributed by atoms with E-state index >= 15 is 0 Å². The van der Waals surface area contributed by atoms with E-state index < -0.39 is 0 Å². The number of rotatable bonds is 3. The normalized spacial score (nSPS) is 20.5. The van der Waals surface area contributed by atoms with Gasteiger partial charge < -0.3 is 10.1 Å². The van der Waals surface area contributed by atoms with Crippen molar-refractivity contribution in [1.29, 1.82) is 0 Å². The van der Waals surface area contributed by atoms with Gasteiger partial charge in [0.05, 0.1) is 7.11 Å². The molecule has 2 rings (SSSR count). The number of hydrogen-bond acceptors (Lipinski definition) is 2. The Bertz CT molecular complexity index is 329. The van der Waals surface area contributed by atoms with Crippen LogP contribution in [0, 0.1) is 0 Å². The predicted molar refractivity (Wildman–Crippen MR) is 62.3 cm³/mol. The number of nitrogens with one attached hydrogen (secondary N) is 1. The Morgan fingerprint density at radius 1 is 1.47 bits per heavy atom. The molecule has 0 radical (unpaired) electrons. The number of benzene rings is 1. The molecule has 1 fully saturated rings. The lowest BCUT2D eigenvalue weighted by Crippen LogP contribution is -2.14. The first-order chi connectivity index (χ1) is 7.36. The van der Waals surface area contributed by atoms with Gasteiger partial charge in [0.1, 0.15) is 5.75 Å². The molecule has 1 atom stereocenters. The van der Waals surface area contributed by atoms with Crippen molar-refractivity contribution in [1.82, 2.24) is 5.32 Å². The fourth-order valence-corrected chi connectivity index (χ4v) is 2.36. The van der Waals surface area contributed by atoms with E-state index in [9.17, 15) is 0 Å². The van der Waals surface area contributed by atoms with Gasteiger partial charge in [0.2, 0.25) is 0 Å². The van der Waals surface area contributed by atoms with Crippen molar-refractivity contribution < 1.29 is 4.74 Å². The highest BCUT2D eigenvalue weighted by atomic mass is 16.5. The van der Waals surface area contributed by atoms with Crippen LogP contribution in [0.25, 0.3) is 0 Å². The van der Waals surface area contributed by atoms with Crippen molar-refractivity contribution in [2.24, 2.45) is 0 Å². The van der Waals surface area contributed by atoms with Crippen molar-refractivity contribution in [2.45, 2.75) is 32.2 Å². The van der Waals surface area contributed by atoms with Crippen LogP contribution in [0.15, 0.2) is 18.2 Å². The van der Waals surface area contributed by atoms with E-state index in [2.05, 4.69) is 30.4 Å². The van der Waals surface area contributed by atoms with Gasteiger partial charge in [-0.3, -0.25) is 0 Å². The molecule has 0 saturated carbocycles. The Morgan fingerprint density at radius 2 is 2.33 bits per heavy atom. The Labute approximate surface area is 91.6 Å². The molecular formula is C13H19NO. The van der Waals surface area contributed by atoms with E-state index in [4.69, 9.17) is 4.74 Å². The molecule has 15 heavy (non-hydrogen) atoms. The van der Waals surface area contributed by atoms with E-state index in [1.165, 1.54) is 24.0 Å². The molecule has 1 heterocycles. The third kappa shape index (κ3) is 2.00. The molecule has 2 nitrogen and oxygen atoms in total. The SMILES string of the molecule is CCc1cccc(C2CCCN2)c1OC. The number of para-hydroxylation sites is 1. The number of methoxy groups -OCH3 is 1. The third-order valence-electron chi connectivity index (χ3n) is 3.15. The zero-order valence-electron chi connectivity index (χ0n) is 9.55. The van der Waals surface area contributed by atoms with Crippen molar-refractivity contribution in [3.8, 4) is 5.75 Å². The largest absolute Gasteiger partial charge is 0.496 e. The summed E-state index contributed by atoms with van der Waals surface area (Å²) in [4.78, 5) is 0. The van der Waals surface area contributed by atoms with Gasteiger partial charge in [-0.05, 0) is 31.4 Å². The van der Waals surface area contributed by atoms with E-state index in [0.29, 0.717) is 6.04 Å². The second-order valence-electron chi connectivity index (χ2n) is 4.04. The summed E-state index contributed by atoms with van der Waals surface area (Å²) in [6.07, 6.45) is 3.53. The average Bonchev–Trinajstić information content (AvgIpc) is 2.81. The van der Waals surface area contributed by atoms with Gasteiger partial charge in [-0.2, -0.15) is 0 Å². The maximum Gasteiger partial charge on any atom is 0.126 e. The van der Waals surface area contributed by atoms with Crippen molar-refractivity contribution in [3.05, 3.63) is 29.3 Å². The first kappa shape index (κ1) is 10.5. The van der Waals surface area contributed by atoms with Crippen LogP contribution in [0.2, 0.25) is 0 Å². The minimum absolute atomic E-state index is 0.492. The van der Waals surface area contributed by atoms with Crippen LogP contribution in [0.4, 0.5) is 0 Å². The number of ether oxygens (including phenoxy) is 1. The highest BCUT2D eigenvalue weighted by molar-refractivity contribution is 5.43. The maximum absolute atomic E-state index is 5.54. The van der Waals surface area contributed by atoms with Crippen LogP contribution >= 0.6 is 0 Å². The smallest absolute Gasteiger partial charge is 0.126 e. The van der Waals surface area contributed by atoms with Gasteiger partial charge in [0.15, 0.2) is 0 Å². The van der Waals surface area contributed by atoms with Crippen LogP contribution in [0.5, 0.6) is 5.75 Å². The molecule has 0 bridgehead atoms. The standard InChI is InChI=1S/C13H19NO/c1-3-10-6-4-7-11(13(10)15-2)12-8-5-9-14-12/h4,6-7,12,14H,3,5,8-9H2,1-2H3. The van der Waals surface area contributed by atoms with Gasteiger partial charge in [-0.25, -0.2) is 0 Å². The maximum atomic E-state index is 5.54. The van der Waals surface area contributed by atoms with Gasteiger partial charge >= 0.3 is 0 Å². The quantitative estimate of drug-likeness (QED) is 0.819. The van der Waals surface area contributed by atoms with Crippen molar-refractivity contribution in [3.63, 3.8) is 0 Å². The van der Waals surface area contributed by atoms with E-state index in [0.717, 1.165) is 18.7 Å². The summed E-state index contributed by atoms with van der Waals surface area (Å²) in [7, 11) is 1.77. The minimum atomic E-state index is 0.492. The fraction of sp³-hybridized carbons (Fsp3) is 0.538. The highest BCUT2D eigenvalue weighted by Gasteiger charge is 2.20. The van der Waals surface area contributed by atoms with Gasteiger partial charge in [-0.1, -0.05) is 25.1 Å². The second kappa shape index (κ2) is 4.67. The number of hydrogen-bond donors (Lipinski definition) is 1. The lowest BCUT2D eigenvalue weighted by atomic mass is 10.00. The molecule has 0 spiro atoms. The number of aryl methyl sites for hydroxylation is 1. The van der Waals surface area contributed by atoms with E-state index in [1.807, 2.05) is 0 Å². The molecule has 0 aromatic heterocycles. The summed E-state index contributed by atoms with van der Waals surface area (Å²) in [5.41, 5.74) is 2.64. The zero-order chi connectivity index (χ0) is 10.7. The third-order valence-corrected chi connectivity index (χ3v) is 3.15. The van der Waals surface area contributed by atoms with Crippen molar-refractivity contribution in [2.75, 3.05) is 13.7 Å². The molecule has 0 aliphatic carbocycles. The lowest BCUT2D eigenvalue weighted by Gasteiger charge is -2.17. The van der Waals surface area contributed by atoms with Crippen LogP contribution in [-0.4, -0.2) is 13.7 Å². The topological polar surface area (TPSA) is 21.3 Å². The second-order valence-corrected chi connectivity index (χ2v) is 4.04. The Hall–Kier alpha value is -1.02. The molecule has 1 aromatic rings. The molecule has 1 N–H and O–H groups in total. The van der Waals surface area contributed by atoms with Crippen LogP contribution < -0.4 is 10.1 Å². The molecular weight excluding hydrogens is 186 g/mol. The summed E-state index contributed by atoms with van der Waals surface area (Å²) < 4.78 is 5.54. The average molecular weight is 205 g/mol. The summed E-state index contributed by atoms with van der Waals surface area (Å²) in [5, 5.41) is 3.52. The first-order valence-electron chi connectivity index (χ1n) is 5.76. The zero-order valence-corrected chi connectivity index (χ0v) is 9.55. The van der Waals surface area contributed by atoms with Gasteiger partial charge in [0, 0.05) is 11.6 Å². The molecule has 1 aromatic carbocycles. The van der Waals surface area contributed by atoms with Crippen LogP contribution in [0.3, 0.4) is 0 Å². The Balaban J connectivity index is 2.36.